The third-order valence-electron chi connectivity index (χ3n) is 3.15. The number of hydrogen-bond donors (Lipinski definition) is 1. The summed E-state index contributed by atoms with van der Waals surface area (Å²) in [7, 11) is 0. The molecule has 1 N–H and O–H groups in total. The van der Waals surface area contributed by atoms with Crippen LogP contribution < -0.4 is 5.32 Å². The summed E-state index contributed by atoms with van der Waals surface area (Å²) in [6.45, 7) is 4.36. The Bertz CT molecular complexity index is 202. The van der Waals surface area contributed by atoms with Crippen LogP contribution in [-0.2, 0) is 4.74 Å². The van der Waals surface area contributed by atoms with Gasteiger partial charge in [-0.3, -0.25) is 0 Å². The van der Waals surface area contributed by atoms with Gasteiger partial charge in [-0.15, -0.1) is 0 Å². The summed E-state index contributed by atoms with van der Waals surface area (Å²) in [5.74, 6) is 0.518. The molecule has 0 aromatic rings. The van der Waals surface area contributed by atoms with Gasteiger partial charge in [0.2, 0.25) is 0 Å². The highest BCUT2D eigenvalue weighted by Crippen LogP contribution is 2.25. The minimum Gasteiger partial charge on any atom is -0.381 e. The molecule has 2 atom stereocenters. The lowest BCUT2D eigenvalue weighted by Gasteiger charge is -2.21. The lowest BCUT2D eigenvalue weighted by molar-refractivity contribution is -0.135. The van der Waals surface area contributed by atoms with Crippen molar-refractivity contribution in [1.82, 2.24) is 5.32 Å². The number of hydrogen-bond acceptors (Lipinski definition) is 2. The van der Waals surface area contributed by atoms with Crippen LogP contribution in [0.3, 0.4) is 0 Å². The first-order chi connectivity index (χ1) is 8.01. The summed E-state index contributed by atoms with van der Waals surface area (Å²) in [6, 6.07) is 0.203. The van der Waals surface area contributed by atoms with Crippen LogP contribution in [0.25, 0.3) is 0 Å². The van der Waals surface area contributed by atoms with Crippen molar-refractivity contribution in [3.8, 4) is 0 Å². The molecule has 0 radical (unpaired) electrons. The second kappa shape index (κ2) is 7.21. The zero-order chi connectivity index (χ0) is 12.7. The minimum atomic E-state index is -4.02. The Labute approximate surface area is 101 Å². The zero-order valence-electron chi connectivity index (χ0n) is 10.4. The van der Waals surface area contributed by atoms with Gasteiger partial charge in [0.05, 0.1) is 0 Å². The largest absolute Gasteiger partial charge is 0.389 e. The summed E-state index contributed by atoms with van der Waals surface area (Å²) >= 11 is 0. The number of rotatable bonds is 7. The number of ether oxygens (including phenoxy) is 1. The minimum absolute atomic E-state index is 0.203. The molecule has 2 unspecified atom stereocenters. The number of nitrogens with one attached hydrogen (secondary N) is 1. The van der Waals surface area contributed by atoms with Crippen molar-refractivity contribution in [2.24, 2.45) is 5.92 Å². The quantitative estimate of drug-likeness (QED) is 0.752. The molecule has 2 nitrogen and oxygen atoms in total. The van der Waals surface area contributed by atoms with Crippen molar-refractivity contribution in [3.05, 3.63) is 0 Å². The van der Waals surface area contributed by atoms with Gasteiger partial charge in [-0.1, -0.05) is 6.92 Å². The van der Waals surface area contributed by atoms with E-state index >= 15 is 0 Å². The highest BCUT2D eigenvalue weighted by molar-refractivity contribution is 4.74. The van der Waals surface area contributed by atoms with Gasteiger partial charge >= 0.3 is 6.18 Å². The van der Waals surface area contributed by atoms with Crippen molar-refractivity contribution in [2.75, 3.05) is 19.8 Å². The molecule has 0 amide bonds. The van der Waals surface area contributed by atoms with Crippen LogP contribution in [-0.4, -0.2) is 32.0 Å². The monoisotopic (exact) mass is 253 g/mol. The Hall–Kier alpha value is -0.290. The number of halogens is 3. The topological polar surface area (TPSA) is 21.3 Å². The van der Waals surface area contributed by atoms with Gasteiger partial charge in [0.1, 0.15) is 0 Å². The fourth-order valence-electron chi connectivity index (χ4n) is 2.31. The van der Waals surface area contributed by atoms with E-state index in [1.165, 1.54) is 0 Å². The van der Waals surface area contributed by atoms with Gasteiger partial charge in [-0.2, -0.15) is 13.2 Å². The van der Waals surface area contributed by atoms with E-state index in [0.29, 0.717) is 12.3 Å². The summed E-state index contributed by atoms with van der Waals surface area (Å²) in [6.07, 6.45) is -1.89. The van der Waals surface area contributed by atoms with Crippen molar-refractivity contribution in [1.29, 1.82) is 0 Å². The average molecular weight is 253 g/mol. The SMILES string of the molecule is CCNC(CCCC(F)(F)F)CC1CCOC1. The predicted molar refractivity (Wildman–Crippen MR) is 60.9 cm³/mol. The highest BCUT2D eigenvalue weighted by atomic mass is 19.4. The van der Waals surface area contributed by atoms with E-state index in [4.69, 9.17) is 4.74 Å². The zero-order valence-corrected chi connectivity index (χ0v) is 10.4. The maximum atomic E-state index is 12.1. The Morgan fingerprint density at radius 1 is 1.41 bits per heavy atom. The van der Waals surface area contributed by atoms with Crippen LogP contribution in [0.2, 0.25) is 0 Å². The van der Waals surface area contributed by atoms with Gasteiger partial charge in [-0.25, -0.2) is 0 Å². The maximum Gasteiger partial charge on any atom is 0.389 e. The molecule has 1 aliphatic heterocycles. The molecular formula is C12H22F3NO. The molecule has 0 saturated carbocycles. The summed E-state index contributed by atoms with van der Waals surface area (Å²) in [4.78, 5) is 0. The molecule has 0 aromatic heterocycles. The summed E-state index contributed by atoms with van der Waals surface area (Å²) in [5, 5.41) is 3.27. The molecule has 17 heavy (non-hydrogen) atoms. The number of alkyl halides is 3. The van der Waals surface area contributed by atoms with E-state index < -0.39 is 12.6 Å². The predicted octanol–water partition coefficient (Wildman–Crippen LogP) is 3.12. The van der Waals surface area contributed by atoms with E-state index in [-0.39, 0.29) is 12.5 Å². The Kier molecular flexibility index (Phi) is 6.27. The standard InChI is InChI=1S/C12H22F3NO/c1-2-16-11(4-3-6-12(13,14)15)8-10-5-7-17-9-10/h10-11,16H,2-9H2,1H3. The Balaban J connectivity index is 2.22. The normalized spacial score (nSPS) is 22.9. The lowest BCUT2D eigenvalue weighted by Crippen LogP contribution is -2.31. The van der Waals surface area contributed by atoms with Crippen molar-refractivity contribution in [2.45, 2.75) is 51.2 Å². The first-order valence-corrected chi connectivity index (χ1v) is 6.39. The van der Waals surface area contributed by atoms with Crippen molar-refractivity contribution < 1.29 is 17.9 Å². The van der Waals surface area contributed by atoms with Gasteiger partial charge < -0.3 is 10.1 Å². The third-order valence-corrected chi connectivity index (χ3v) is 3.15. The van der Waals surface area contributed by atoms with Crippen LogP contribution in [0, 0.1) is 5.92 Å². The van der Waals surface area contributed by atoms with Gasteiger partial charge in [0.15, 0.2) is 0 Å². The molecule has 0 aliphatic carbocycles. The van der Waals surface area contributed by atoms with Crippen LogP contribution in [0.5, 0.6) is 0 Å². The van der Waals surface area contributed by atoms with Crippen molar-refractivity contribution in [3.63, 3.8) is 0 Å². The Morgan fingerprint density at radius 3 is 2.71 bits per heavy atom. The highest BCUT2D eigenvalue weighted by Gasteiger charge is 2.27. The van der Waals surface area contributed by atoms with Crippen LogP contribution >= 0.6 is 0 Å². The molecule has 1 fully saturated rings. The second-order valence-corrected chi connectivity index (χ2v) is 4.73. The van der Waals surface area contributed by atoms with Gasteiger partial charge in [0, 0.05) is 25.7 Å². The first-order valence-electron chi connectivity index (χ1n) is 6.39. The third kappa shape index (κ3) is 6.88. The molecule has 0 bridgehead atoms. The first kappa shape index (κ1) is 14.8. The molecule has 5 heteroatoms. The molecule has 0 spiro atoms. The molecule has 0 aromatic carbocycles. The molecular weight excluding hydrogens is 231 g/mol. The lowest BCUT2D eigenvalue weighted by atomic mass is 9.95. The second-order valence-electron chi connectivity index (χ2n) is 4.73. The smallest absolute Gasteiger partial charge is 0.381 e. The molecule has 1 aliphatic rings. The van der Waals surface area contributed by atoms with Crippen molar-refractivity contribution >= 4 is 0 Å². The van der Waals surface area contributed by atoms with Crippen LogP contribution in [0.15, 0.2) is 0 Å². The van der Waals surface area contributed by atoms with E-state index in [2.05, 4.69) is 5.32 Å². The fourth-order valence-corrected chi connectivity index (χ4v) is 2.31. The van der Waals surface area contributed by atoms with Crippen LogP contribution in [0.1, 0.15) is 39.0 Å². The fraction of sp³-hybridized carbons (Fsp3) is 1.00. The maximum absolute atomic E-state index is 12.1. The van der Waals surface area contributed by atoms with E-state index in [9.17, 15) is 13.2 Å². The summed E-state index contributed by atoms with van der Waals surface area (Å²) in [5.41, 5.74) is 0. The van der Waals surface area contributed by atoms with Gasteiger partial charge in [-0.05, 0) is 38.1 Å². The van der Waals surface area contributed by atoms with E-state index in [0.717, 1.165) is 32.6 Å². The summed E-state index contributed by atoms with van der Waals surface area (Å²) < 4.78 is 41.5. The van der Waals surface area contributed by atoms with Crippen LogP contribution in [0.4, 0.5) is 13.2 Å². The average Bonchev–Trinajstić information content (AvgIpc) is 2.68. The van der Waals surface area contributed by atoms with E-state index in [1.807, 2.05) is 6.92 Å². The van der Waals surface area contributed by atoms with E-state index in [1.54, 1.807) is 0 Å². The molecule has 102 valence electrons. The molecule has 1 saturated heterocycles. The molecule has 1 rings (SSSR count). The van der Waals surface area contributed by atoms with Gasteiger partial charge in [0.25, 0.3) is 0 Å². The molecule has 1 heterocycles. The Morgan fingerprint density at radius 2 is 2.18 bits per heavy atom.